The van der Waals surface area contributed by atoms with Crippen LogP contribution in [0.4, 0.5) is 5.69 Å². The minimum atomic E-state index is 0.0739. The van der Waals surface area contributed by atoms with Gasteiger partial charge in [-0.15, -0.1) is 11.3 Å². The van der Waals surface area contributed by atoms with Gasteiger partial charge in [0.15, 0.2) is 0 Å². The number of nitrogens with zero attached hydrogens (tertiary/aromatic N) is 1. The van der Waals surface area contributed by atoms with E-state index in [9.17, 15) is 0 Å². The van der Waals surface area contributed by atoms with Crippen molar-refractivity contribution >= 4 is 17.0 Å². The molecule has 5 heteroatoms. The van der Waals surface area contributed by atoms with E-state index >= 15 is 0 Å². The minimum Gasteiger partial charge on any atom is -0.392 e. The van der Waals surface area contributed by atoms with Crippen LogP contribution in [-0.2, 0) is 13.2 Å². The van der Waals surface area contributed by atoms with E-state index in [1.807, 2.05) is 36.5 Å². The molecular formula is C15H15N3OS. The van der Waals surface area contributed by atoms with Gasteiger partial charge in [0.1, 0.15) is 0 Å². The molecule has 0 fully saturated rings. The van der Waals surface area contributed by atoms with Crippen molar-refractivity contribution in [3.05, 3.63) is 59.1 Å². The smallest absolute Gasteiger partial charge is 0.0799 e. The molecule has 2 aromatic heterocycles. The third-order valence-electron chi connectivity index (χ3n) is 3.10. The standard InChI is InChI=1S/C15H15N3OS/c19-10-11-3-5-13(6-4-11)16-8-12-9-17-18-15(12)14-2-1-7-20-14/h1-7,9,16,19H,8,10H2,(H,17,18). The van der Waals surface area contributed by atoms with Crippen LogP contribution in [0.5, 0.6) is 0 Å². The summed E-state index contributed by atoms with van der Waals surface area (Å²) in [5.41, 5.74) is 4.15. The summed E-state index contributed by atoms with van der Waals surface area (Å²) in [7, 11) is 0. The second kappa shape index (κ2) is 5.90. The first kappa shape index (κ1) is 12.9. The van der Waals surface area contributed by atoms with Crippen molar-refractivity contribution in [3.63, 3.8) is 0 Å². The van der Waals surface area contributed by atoms with Crippen LogP contribution in [0.1, 0.15) is 11.1 Å². The van der Waals surface area contributed by atoms with Gasteiger partial charge >= 0.3 is 0 Å². The van der Waals surface area contributed by atoms with Gasteiger partial charge in [0.2, 0.25) is 0 Å². The molecule has 0 radical (unpaired) electrons. The molecule has 102 valence electrons. The van der Waals surface area contributed by atoms with Crippen molar-refractivity contribution < 1.29 is 5.11 Å². The number of anilines is 1. The third kappa shape index (κ3) is 2.74. The highest BCUT2D eigenvalue weighted by molar-refractivity contribution is 7.13. The molecule has 0 atom stereocenters. The van der Waals surface area contributed by atoms with Gasteiger partial charge in [-0.2, -0.15) is 5.10 Å². The number of hydrogen-bond acceptors (Lipinski definition) is 4. The van der Waals surface area contributed by atoms with Crippen molar-refractivity contribution in [2.24, 2.45) is 0 Å². The highest BCUT2D eigenvalue weighted by Crippen LogP contribution is 2.26. The summed E-state index contributed by atoms with van der Waals surface area (Å²) < 4.78 is 0. The molecule has 0 saturated heterocycles. The van der Waals surface area contributed by atoms with Crippen LogP contribution in [-0.4, -0.2) is 15.3 Å². The molecule has 0 bridgehead atoms. The average Bonchev–Trinajstić information content (AvgIpc) is 3.16. The van der Waals surface area contributed by atoms with Crippen molar-refractivity contribution in [2.45, 2.75) is 13.2 Å². The van der Waals surface area contributed by atoms with Gasteiger partial charge in [0.25, 0.3) is 0 Å². The van der Waals surface area contributed by atoms with Crippen LogP contribution in [0, 0.1) is 0 Å². The van der Waals surface area contributed by atoms with Crippen LogP contribution in [0.3, 0.4) is 0 Å². The van der Waals surface area contributed by atoms with Crippen LogP contribution in [0.2, 0.25) is 0 Å². The second-order valence-corrected chi connectivity index (χ2v) is 5.40. The predicted octanol–water partition coefficient (Wildman–Crippen LogP) is 3.24. The number of aliphatic hydroxyl groups excluding tert-OH is 1. The summed E-state index contributed by atoms with van der Waals surface area (Å²) in [6, 6.07) is 11.9. The van der Waals surface area contributed by atoms with Gasteiger partial charge in [-0.3, -0.25) is 5.10 Å². The number of aliphatic hydroxyl groups is 1. The Hall–Kier alpha value is -2.11. The van der Waals surface area contributed by atoms with Crippen LogP contribution in [0.25, 0.3) is 10.6 Å². The van der Waals surface area contributed by atoms with Gasteiger partial charge in [-0.05, 0) is 29.1 Å². The van der Waals surface area contributed by atoms with E-state index in [0.717, 1.165) is 22.5 Å². The number of benzene rings is 1. The fourth-order valence-corrected chi connectivity index (χ4v) is 2.76. The molecule has 3 rings (SSSR count). The molecule has 3 aromatic rings. The largest absolute Gasteiger partial charge is 0.392 e. The molecule has 0 saturated carbocycles. The molecule has 0 spiro atoms. The number of H-pyrrole nitrogens is 1. The van der Waals surface area contributed by atoms with Gasteiger partial charge in [-0.25, -0.2) is 0 Å². The van der Waals surface area contributed by atoms with E-state index in [0.29, 0.717) is 6.54 Å². The molecule has 2 heterocycles. The maximum Gasteiger partial charge on any atom is 0.0799 e. The third-order valence-corrected chi connectivity index (χ3v) is 3.99. The summed E-state index contributed by atoms with van der Waals surface area (Å²) in [5, 5.41) is 21.6. The molecule has 0 aliphatic carbocycles. The van der Waals surface area contributed by atoms with E-state index < -0.39 is 0 Å². The lowest BCUT2D eigenvalue weighted by atomic mass is 10.2. The highest BCUT2D eigenvalue weighted by Gasteiger charge is 2.08. The molecule has 0 aliphatic rings. The maximum atomic E-state index is 9.02. The number of hydrogen-bond donors (Lipinski definition) is 3. The average molecular weight is 285 g/mol. The number of aromatic nitrogens is 2. The monoisotopic (exact) mass is 285 g/mol. The lowest BCUT2D eigenvalue weighted by Gasteiger charge is -2.07. The molecule has 4 nitrogen and oxygen atoms in total. The van der Waals surface area contributed by atoms with Crippen molar-refractivity contribution in [1.29, 1.82) is 0 Å². The summed E-state index contributed by atoms with van der Waals surface area (Å²) in [5.74, 6) is 0. The first-order chi connectivity index (χ1) is 9.86. The Morgan fingerprint density at radius 2 is 2.05 bits per heavy atom. The quantitative estimate of drug-likeness (QED) is 0.674. The normalized spacial score (nSPS) is 10.7. The highest BCUT2D eigenvalue weighted by atomic mass is 32.1. The van der Waals surface area contributed by atoms with Crippen LogP contribution in [0.15, 0.2) is 48.0 Å². The number of aromatic amines is 1. The van der Waals surface area contributed by atoms with Gasteiger partial charge in [-0.1, -0.05) is 18.2 Å². The summed E-state index contributed by atoms with van der Waals surface area (Å²) in [6.07, 6.45) is 1.85. The molecule has 0 amide bonds. The van der Waals surface area contributed by atoms with Gasteiger partial charge in [0.05, 0.1) is 23.4 Å². The lowest BCUT2D eigenvalue weighted by molar-refractivity contribution is 0.282. The molecule has 0 unspecified atom stereocenters. The Bertz CT molecular complexity index is 659. The molecular weight excluding hydrogens is 270 g/mol. The van der Waals surface area contributed by atoms with E-state index in [1.54, 1.807) is 11.3 Å². The Labute approximate surface area is 121 Å². The number of nitrogens with one attached hydrogen (secondary N) is 2. The van der Waals surface area contributed by atoms with E-state index in [-0.39, 0.29) is 6.61 Å². The maximum absolute atomic E-state index is 9.02. The Kier molecular flexibility index (Phi) is 3.80. The molecule has 20 heavy (non-hydrogen) atoms. The van der Waals surface area contributed by atoms with Crippen molar-refractivity contribution in [2.75, 3.05) is 5.32 Å². The Balaban J connectivity index is 1.71. The SMILES string of the molecule is OCc1ccc(NCc2cn[nH]c2-c2cccs2)cc1. The number of thiophene rings is 1. The van der Waals surface area contributed by atoms with E-state index in [4.69, 9.17) is 5.11 Å². The Morgan fingerprint density at radius 3 is 2.75 bits per heavy atom. The zero-order chi connectivity index (χ0) is 13.8. The van der Waals surface area contributed by atoms with Gasteiger partial charge in [0, 0.05) is 17.8 Å². The first-order valence-corrected chi connectivity index (χ1v) is 7.24. The van der Waals surface area contributed by atoms with Crippen molar-refractivity contribution in [3.8, 4) is 10.6 Å². The van der Waals surface area contributed by atoms with Crippen LogP contribution >= 0.6 is 11.3 Å². The fraction of sp³-hybridized carbons (Fsp3) is 0.133. The lowest BCUT2D eigenvalue weighted by Crippen LogP contribution is -1.99. The summed E-state index contributed by atoms with van der Waals surface area (Å²) in [6.45, 7) is 0.784. The zero-order valence-corrected chi connectivity index (χ0v) is 11.7. The number of rotatable bonds is 5. The predicted molar refractivity (Wildman–Crippen MR) is 81.6 cm³/mol. The molecule has 3 N–H and O–H groups in total. The second-order valence-electron chi connectivity index (χ2n) is 4.46. The zero-order valence-electron chi connectivity index (χ0n) is 10.8. The molecule has 0 aliphatic heterocycles. The van der Waals surface area contributed by atoms with Gasteiger partial charge < -0.3 is 10.4 Å². The fourth-order valence-electron chi connectivity index (χ4n) is 2.00. The summed E-state index contributed by atoms with van der Waals surface area (Å²) >= 11 is 1.69. The topological polar surface area (TPSA) is 60.9 Å². The molecule has 1 aromatic carbocycles. The van der Waals surface area contributed by atoms with E-state index in [2.05, 4.69) is 27.0 Å². The van der Waals surface area contributed by atoms with Crippen molar-refractivity contribution in [1.82, 2.24) is 10.2 Å². The first-order valence-electron chi connectivity index (χ1n) is 6.36. The Morgan fingerprint density at radius 1 is 1.20 bits per heavy atom. The van der Waals surface area contributed by atoms with Crippen LogP contribution < -0.4 is 5.32 Å². The van der Waals surface area contributed by atoms with E-state index in [1.165, 1.54) is 4.88 Å². The minimum absolute atomic E-state index is 0.0739. The summed E-state index contributed by atoms with van der Waals surface area (Å²) in [4.78, 5) is 1.19.